The minimum absolute atomic E-state index is 0.00438. The quantitative estimate of drug-likeness (QED) is 0.414. The van der Waals surface area contributed by atoms with Gasteiger partial charge in [-0.3, -0.25) is 4.99 Å². The molecule has 2 fully saturated rings. The van der Waals surface area contributed by atoms with Crippen molar-refractivity contribution in [1.82, 2.24) is 10.6 Å². The Hall–Kier alpha value is -0.850. The van der Waals surface area contributed by atoms with Crippen LogP contribution in [0.25, 0.3) is 0 Å². The van der Waals surface area contributed by atoms with Gasteiger partial charge in [0.05, 0.1) is 13.2 Å². The van der Waals surface area contributed by atoms with Crippen LogP contribution in [0.1, 0.15) is 39.0 Å². The number of aliphatic imine (C=N–C) groups is 1. The van der Waals surface area contributed by atoms with Crippen molar-refractivity contribution in [2.24, 2.45) is 15.8 Å². The normalized spacial score (nSPS) is 26.3. The summed E-state index contributed by atoms with van der Waals surface area (Å²) in [5.74, 6) is 0.875. The number of methoxy groups -OCH3 is 1. The summed E-state index contributed by atoms with van der Waals surface area (Å²) >= 11 is 0. The highest BCUT2D eigenvalue weighted by Gasteiger charge is 2.42. The Labute approximate surface area is 140 Å². The maximum Gasteiger partial charge on any atom is 0.191 e. The molecule has 3 N–H and O–H groups in total. The van der Waals surface area contributed by atoms with Gasteiger partial charge in [0.15, 0.2) is 5.96 Å². The number of ether oxygens (including phenoxy) is 2. The first kappa shape index (κ1) is 18.5. The molecule has 2 rings (SSSR count). The van der Waals surface area contributed by atoms with E-state index in [-0.39, 0.29) is 12.0 Å². The topological polar surface area (TPSA) is 75.1 Å². The van der Waals surface area contributed by atoms with Gasteiger partial charge >= 0.3 is 0 Å². The fourth-order valence-corrected chi connectivity index (χ4v) is 3.16. The lowest BCUT2D eigenvalue weighted by Crippen LogP contribution is -2.41. The molecule has 0 aromatic carbocycles. The first-order valence-corrected chi connectivity index (χ1v) is 8.87. The smallest absolute Gasteiger partial charge is 0.191 e. The maximum absolute atomic E-state index is 9.31. The second kappa shape index (κ2) is 8.85. The van der Waals surface area contributed by atoms with Crippen LogP contribution in [0.4, 0.5) is 0 Å². The average Bonchev–Trinajstić information content (AvgIpc) is 3.18. The van der Waals surface area contributed by atoms with Crippen molar-refractivity contribution in [1.29, 1.82) is 0 Å². The first-order chi connectivity index (χ1) is 11.2. The van der Waals surface area contributed by atoms with E-state index in [1.807, 2.05) is 0 Å². The monoisotopic (exact) mass is 327 g/mol. The molecule has 1 saturated heterocycles. The van der Waals surface area contributed by atoms with Crippen LogP contribution >= 0.6 is 0 Å². The Morgan fingerprint density at radius 3 is 2.61 bits per heavy atom. The highest BCUT2D eigenvalue weighted by molar-refractivity contribution is 5.79. The van der Waals surface area contributed by atoms with Gasteiger partial charge in [-0.2, -0.15) is 0 Å². The second-order valence-electron chi connectivity index (χ2n) is 7.07. The van der Waals surface area contributed by atoms with Crippen molar-refractivity contribution >= 4 is 5.96 Å². The van der Waals surface area contributed by atoms with Crippen LogP contribution in [0.5, 0.6) is 0 Å². The van der Waals surface area contributed by atoms with E-state index in [1.54, 1.807) is 7.11 Å². The number of aliphatic hydroxyl groups excluding tert-OH is 1. The molecule has 0 aromatic rings. The van der Waals surface area contributed by atoms with Crippen LogP contribution in [0.3, 0.4) is 0 Å². The Morgan fingerprint density at radius 1 is 1.22 bits per heavy atom. The number of rotatable bonds is 10. The Bertz CT molecular complexity index is 377. The Morgan fingerprint density at radius 2 is 2.04 bits per heavy atom. The van der Waals surface area contributed by atoms with Crippen LogP contribution in [0, 0.1) is 10.8 Å². The van der Waals surface area contributed by atoms with E-state index in [1.165, 1.54) is 12.8 Å². The minimum atomic E-state index is 0.00438. The second-order valence-corrected chi connectivity index (χ2v) is 7.07. The maximum atomic E-state index is 9.31. The molecule has 0 amide bonds. The van der Waals surface area contributed by atoms with E-state index in [4.69, 9.17) is 14.5 Å². The van der Waals surface area contributed by atoms with E-state index in [0.717, 1.165) is 51.5 Å². The zero-order chi connectivity index (χ0) is 16.6. The third-order valence-electron chi connectivity index (χ3n) is 5.17. The molecule has 1 saturated carbocycles. The average molecular weight is 327 g/mol. The molecule has 23 heavy (non-hydrogen) atoms. The highest BCUT2D eigenvalue weighted by Crippen LogP contribution is 2.48. The number of hydrogen-bond acceptors (Lipinski definition) is 4. The molecule has 1 unspecified atom stereocenters. The molecule has 0 bridgehead atoms. The Balaban J connectivity index is 1.86. The van der Waals surface area contributed by atoms with Crippen LogP contribution in [-0.4, -0.2) is 64.2 Å². The van der Waals surface area contributed by atoms with Crippen molar-refractivity contribution in [3.63, 3.8) is 0 Å². The summed E-state index contributed by atoms with van der Waals surface area (Å²) in [6.45, 7) is 7.08. The van der Waals surface area contributed by atoms with Gasteiger partial charge in [-0.25, -0.2) is 0 Å². The fourth-order valence-electron chi connectivity index (χ4n) is 3.16. The molecular weight excluding hydrogens is 294 g/mol. The molecule has 0 radical (unpaired) electrons. The molecule has 1 aliphatic carbocycles. The molecular formula is C17H33N3O3. The molecule has 134 valence electrons. The van der Waals surface area contributed by atoms with Gasteiger partial charge in [0.2, 0.25) is 0 Å². The lowest BCUT2D eigenvalue weighted by molar-refractivity contribution is 0.131. The molecule has 0 spiro atoms. The summed E-state index contributed by atoms with van der Waals surface area (Å²) < 4.78 is 10.8. The molecule has 6 heteroatoms. The minimum Gasteiger partial charge on any atom is -0.396 e. The summed E-state index contributed by atoms with van der Waals surface area (Å²) in [5.41, 5.74) is 0.399. The molecule has 2 aliphatic rings. The number of hydrogen-bond donors (Lipinski definition) is 3. The number of guanidine groups is 1. The zero-order valence-electron chi connectivity index (χ0n) is 14.7. The predicted molar refractivity (Wildman–Crippen MR) is 91.7 cm³/mol. The van der Waals surface area contributed by atoms with Gasteiger partial charge in [0.25, 0.3) is 0 Å². The number of nitrogens with one attached hydrogen (secondary N) is 2. The van der Waals surface area contributed by atoms with Gasteiger partial charge in [-0.15, -0.1) is 0 Å². The van der Waals surface area contributed by atoms with Crippen molar-refractivity contribution < 1.29 is 14.6 Å². The number of nitrogens with zero attached hydrogens (tertiary/aromatic N) is 1. The van der Waals surface area contributed by atoms with Crippen molar-refractivity contribution in [2.75, 3.05) is 53.2 Å². The van der Waals surface area contributed by atoms with Crippen molar-refractivity contribution in [2.45, 2.75) is 39.0 Å². The first-order valence-electron chi connectivity index (χ1n) is 8.87. The van der Waals surface area contributed by atoms with E-state index in [2.05, 4.69) is 17.6 Å². The summed E-state index contributed by atoms with van der Waals surface area (Å²) in [6, 6.07) is 0. The Kier molecular flexibility index (Phi) is 7.11. The van der Waals surface area contributed by atoms with E-state index in [9.17, 15) is 5.11 Å². The molecule has 1 heterocycles. The summed E-state index contributed by atoms with van der Waals surface area (Å²) in [4.78, 5) is 4.77. The van der Waals surface area contributed by atoms with Crippen LogP contribution in [0.15, 0.2) is 4.99 Å². The fraction of sp³-hybridized carbons (Fsp3) is 0.941. The lowest BCUT2D eigenvalue weighted by atomic mass is 9.84. The SMILES string of the molecule is CCNC(=NCC1(CCO)CCOC1)NCC1(CCOC)CC1. The molecule has 0 aromatic heterocycles. The van der Waals surface area contributed by atoms with Gasteiger partial charge in [0, 0.05) is 45.4 Å². The van der Waals surface area contributed by atoms with Crippen molar-refractivity contribution in [3.8, 4) is 0 Å². The zero-order valence-corrected chi connectivity index (χ0v) is 14.7. The van der Waals surface area contributed by atoms with Gasteiger partial charge < -0.3 is 25.2 Å². The van der Waals surface area contributed by atoms with Crippen LogP contribution in [0.2, 0.25) is 0 Å². The van der Waals surface area contributed by atoms with E-state index < -0.39 is 0 Å². The van der Waals surface area contributed by atoms with Gasteiger partial charge in [-0.1, -0.05) is 0 Å². The van der Waals surface area contributed by atoms with E-state index in [0.29, 0.717) is 18.6 Å². The highest BCUT2D eigenvalue weighted by atomic mass is 16.5. The molecule has 6 nitrogen and oxygen atoms in total. The summed E-state index contributed by atoms with van der Waals surface area (Å²) in [5, 5.41) is 16.1. The third-order valence-corrected chi connectivity index (χ3v) is 5.17. The molecule has 1 atom stereocenters. The number of aliphatic hydroxyl groups is 1. The van der Waals surface area contributed by atoms with E-state index >= 15 is 0 Å². The van der Waals surface area contributed by atoms with Crippen LogP contribution in [-0.2, 0) is 9.47 Å². The lowest BCUT2D eigenvalue weighted by Gasteiger charge is -2.25. The third kappa shape index (κ3) is 5.62. The van der Waals surface area contributed by atoms with Gasteiger partial charge in [0.1, 0.15) is 0 Å². The standard InChI is InChI=1S/C17H33N3O3/c1-3-18-15(19-12-16(4-5-16)7-10-22-2)20-13-17(6-9-21)8-11-23-14-17/h21H,3-14H2,1-2H3,(H2,18,19,20). The largest absolute Gasteiger partial charge is 0.396 e. The predicted octanol–water partition coefficient (Wildman–Crippen LogP) is 1.15. The summed E-state index contributed by atoms with van der Waals surface area (Å²) in [6.07, 6.45) is 5.39. The van der Waals surface area contributed by atoms with Crippen LogP contribution < -0.4 is 10.6 Å². The molecule has 1 aliphatic heterocycles. The van der Waals surface area contributed by atoms with Gasteiger partial charge in [-0.05, 0) is 44.4 Å². The summed E-state index contributed by atoms with van der Waals surface area (Å²) in [7, 11) is 1.76. The van der Waals surface area contributed by atoms with Crippen molar-refractivity contribution in [3.05, 3.63) is 0 Å².